The van der Waals surface area contributed by atoms with Gasteiger partial charge in [0.2, 0.25) is 10.0 Å². The molecule has 1 aromatic rings. The van der Waals surface area contributed by atoms with Crippen LogP contribution in [0.1, 0.15) is 26.2 Å². The van der Waals surface area contributed by atoms with Crippen LogP contribution in [0.25, 0.3) is 0 Å². The molecular weight excluding hydrogens is 286 g/mol. The zero-order valence-corrected chi connectivity index (χ0v) is 12.4. The minimum atomic E-state index is -3.65. The summed E-state index contributed by atoms with van der Waals surface area (Å²) < 4.78 is 26.7. The summed E-state index contributed by atoms with van der Waals surface area (Å²) in [5.41, 5.74) is 0. The van der Waals surface area contributed by atoms with Gasteiger partial charge in [-0.1, -0.05) is 30.2 Å². The molecule has 106 valence electrons. The van der Waals surface area contributed by atoms with Crippen molar-refractivity contribution in [2.75, 3.05) is 6.54 Å². The van der Waals surface area contributed by atoms with E-state index < -0.39 is 16.1 Å². The Balaban J connectivity index is 2.40. The van der Waals surface area contributed by atoms with Crippen LogP contribution in [0.4, 0.5) is 0 Å². The van der Waals surface area contributed by atoms with E-state index in [1.165, 1.54) is 10.4 Å². The molecule has 0 aliphatic carbocycles. The van der Waals surface area contributed by atoms with Gasteiger partial charge in [0.25, 0.3) is 0 Å². The molecule has 4 nitrogen and oxygen atoms in total. The van der Waals surface area contributed by atoms with Crippen LogP contribution in [-0.2, 0) is 10.0 Å². The average molecular weight is 304 g/mol. The van der Waals surface area contributed by atoms with Crippen LogP contribution in [0.5, 0.6) is 0 Å². The molecule has 0 spiro atoms. The maximum Gasteiger partial charge on any atom is 0.244 e. The van der Waals surface area contributed by atoms with Crippen LogP contribution in [-0.4, -0.2) is 36.5 Å². The van der Waals surface area contributed by atoms with E-state index in [9.17, 15) is 13.5 Å². The monoisotopic (exact) mass is 303 g/mol. The Morgan fingerprint density at radius 3 is 2.68 bits per heavy atom. The fourth-order valence-corrected chi connectivity index (χ4v) is 4.74. The molecule has 1 aliphatic rings. The number of rotatable bonds is 3. The van der Waals surface area contributed by atoms with Gasteiger partial charge in [0, 0.05) is 6.54 Å². The Kier molecular flexibility index (Phi) is 4.50. The lowest BCUT2D eigenvalue weighted by Gasteiger charge is -2.36. The van der Waals surface area contributed by atoms with E-state index in [4.69, 9.17) is 11.6 Å². The van der Waals surface area contributed by atoms with E-state index >= 15 is 0 Å². The first kappa shape index (κ1) is 14.8. The van der Waals surface area contributed by atoms with E-state index in [1.807, 2.05) is 0 Å². The zero-order chi connectivity index (χ0) is 14.0. The average Bonchev–Trinajstić information content (AvgIpc) is 2.39. The van der Waals surface area contributed by atoms with E-state index in [1.54, 1.807) is 25.1 Å². The van der Waals surface area contributed by atoms with Crippen molar-refractivity contribution < 1.29 is 13.5 Å². The molecule has 2 atom stereocenters. The van der Waals surface area contributed by atoms with E-state index in [0.29, 0.717) is 13.0 Å². The molecule has 0 saturated carbocycles. The quantitative estimate of drug-likeness (QED) is 0.932. The third kappa shape index (κ3) is 2.94. The summed E-state index contributed by atoms with van der Waals surface area (Å²) in [4.78, 5) is 0.115. The van der Waals surface area contributed by atoms with Crippen molar-refractivity contribution in [2.24, 2.45) is 0 Å². The molecule has 1 saturated heterocycles. The van der Waals surface area contributed by atoms with Crippen LogP contribution in [0, 0.1) is 0 Å². The summed E-state index contributed by atoms with van der Waals surface area (Å²) >= 11 is 5.99. The number of hydrogen-bond donors (Lipinski definition) is 1. The Labute approximate surface area is 119 Å². The summed E-state index contributed by atoms with van der Waals surface area (Å²) in [6.07, 6.45) is 1.75. The van der Waals surface area contributed by atoms with Gasteiger partial charge >= 0.3 is 0 Å². The summed E-state index contributed by atoms with van der Waals surface area (Å²) in [5, 5.41) is 10.0. The van der Waals surface area contributed by atoms with Crippen LogP contribution < -0.4 is 0 Å². The number of benzene rings is 1. The van der Waals surface area contributed by atoms with Gasteiger partial charge in [-0.05, 0) is 31.9 Å². The number of aliphatic hydroxyl groups excluding tert-OH is 1. The van der Waals surface area contributed by atoms with Crippen LogP contribution in [0.3, 0.4) is 0 Å². The maximum atomic E-state index is 12.7. The Bertz CT molecular complexity index is 545. The van der Waals surface area contributed by atoms with Crippen molar-refractivity contribution in [1.82, 2.24) is 4.31 Å². The van der Waals surface area contributed by atoms with Crippen molar-refractivity contribution in [2.45, 2.75) is 43.2 Å². The predicted molar refractivity (Wildman–Crippen MR) is 74.7 cm³/mol. The summed E-state index contributed by atoms with van der Waals surface area (Å²) in [5.74, 6) is 0. The molecule has 1 fully saturated rings. The first-order valence-corrected chi connectivity index (χ1v) is 8.21. The SMILES string of the molecule is CC(O)C1CCCCN1S(=O)(=O)c1ccccc1Cl. The summed E-state index contributed by atoms with van der Waals surface area (Å²) in [6.45, 7) is 2.06. The zero-order valence-electron chi connectivity index (χ0n) is 10.8. The first-order valence-electron chi connectivity index (χ1n) is 6.39. The molecular formula is C13H18ClNO3S. The van der Waals surface area contributed by atoms with Gasteiger partial charge in [-0.25, -0.2) is 8.42 Å². The number of hydrogen-bond acceptors (Lipinski definition) is 3. The lowest BCUT2D eigenvalue weighted by atomic mass is 10.0. The minimum Gasteiger partial charge on any atom is -0.392 e. The van der Waals surface area contributed by atoms with Crippen LogP contribution in [0.15, 0.2) is 29.2 Å². The van der Waals surface area contributed by atoms with Crippen molar-refractivity contribution in [3.8, 4) is 0 Å². The molecule has 1 heterocycles. The molecule has 0 amide bonds. The largest absolute Gasteiger partial charge is 0.392 e. The van der Waals surface area contributed by atoms with Gasteiger partial charge in [-0.3, -0.25) is 0 Å². The molecule has 0 radical (unpaired) electrons. The van der Waals surface area contributed by atoms with Crippen LogP contribution >= 0.6 is 11.6 Å². The van der Waals surface area contributed by atoms with Gasteiger partial charge in [0.1, 0.15) is 4.90 Å². The highest BCUT2D eigenvalue weighted by molar-refractivity contribution is 7.89. The summed E-state index contributed by atoms with van der Waals surface area (Å²) in [7, 11) is -3.65. The van der Waals surface area contributed by atoms with Gasteiger partial charge in [0.05, 0.1) is 17.2 Å². The predicted octanol–water partition coefficient (Wildman–Crippen LogP) is 2.26. The van der Waals surface area contributed by atoms with Crippen molar-refractivity contribution in [3.05, 3.63) is 29.3 Å². The smallest absolute Gasteiger partial charge is 0.244 e. The molecule has 6 heteroatoms. The van der Waals surface area contributed by atoms with Crippen LogP contribution in [0.2, 0.25) is 5.02 Å². The lowest BCUT2D eigenvalue weighted by Crippen LogP contribution is -2.48. The van der Waals surface area contributed by atoms with E-state index in [0.717, 1.165) is 12.8 Å². The molecule has 0 bridgehead atoms. The second kappa shape index (κ2) is 5.79. The number of sulfonamides is 1. The lowest BCUT2D eigenvalue weighted by molar-refractivity contribution is 0.0831. The highest BCUT2D eigenvalue weighted by Crippen LogP contribution is 2.30. The van der Waals surface area contributed by atoms with Crippen molar-refractivity contribution in [3.63, 3.8) is 0 Å². The molecule has 2 unspecified atom stereocenters. The second-order valence-electron chi connectivity index (χ2n) is 4.85. The summed E-state index contributed by atoms with van der Waals surface area (Å²) in [6, 6.07) is 6.06. The highest BCUT2D eigenvalue weighted by atomic mass is 35.5. The molecule has 2 rings (SSSR count). The Hall–Kier alpha value is -0.620. The number of nitrogens with zero attached hydrogens (tertiary/aromatic N) is 1. The Morgan fingerprint density at radius 1 is 1.37 bits per heavy atom. The molecule has 0 aromatic heterocycles. The van der Waals surface area contributed by atoms with Crippen molar-refractivity contribution in [1.29, 1.82) is 0 Å². The van der Waals surface area contributed by atoms with E-state index in [2.05, 4.69) is 0 Å². The van der Waals surface area contributed by atoms with Gasteiger partial charge in [0.15, 0.2) is 0 Å². The number of aliphatic hydroxyl groups is 1. The molecule has 1 aromatic carbocycles. The number of halogens is 1. The Morgan fingerprint density at radius 2 is 2.05 bits per heavy atom. The standard InChI is InChI=1S/C13H18ClNO3S/c1-10(16)12-7-4-5-9-15(12)19(17,18)13-8-3-2-6-11(13)14/h2-3,6,8,10,12,16H,4-5,7,9H2,1H3. The minimum absolute atomic E-state index is 0.115. The third-order valence-electron chi connectivity index (χ3n) is 3.48. The van der Waals surface area contributed by atoms with Crippen molar-refractivity contribution >= 4 is 21.6 Å². The molecule has 1 N–H and O–H groups in total. The first-order chi connectivity index (χ1) is 8.94. The maximum absolute atomic E-state index is 12.7. The molecule has 19 heavy (non-hydrogen) atoms. The third-order valence-corrected chi connectivity index (χ3v) is 5.90. The highest BCUT2D eigenvalue weighted by Gasteiger charge is 2.36. The molecule has 1 aliphatic heterocycles. The normalized spacial score (nSPS) is 23.2. The van der Waals surface area contributed by atoms with E-state index in [-0.39, 0.29) is 16.0 Å². The number of piperidine rings is 1. The van der Waals surface area contributed by atoms with Gasteiger partial charge in [-0.15, -0.1) is 0 Å². The van der Waals surface area contributed by atoms with Gasteiger partial charge < -0.3 is 5.11 Å². The second-order valence-corrected chi connectivity index (χ2v) is 7.12. The fraction of sp³-hybridized carbons (Fsp3) is 0.538. The van der Waals surface area contributed by atoms with Gasteiger partial charge in [-0.2, -0.15) is 4.31 Å². The fourth-order valence-electron chi connectivity index (χ4n) is 2.49. The topological polar surface area (TPSA) is 57.6 Å².